The van der Waals surface area contributed by atoms with Gasteiger partial charge in [0, 0.05) is 33.7 Å². The van der Waals surface area contributed by atoms with Crippen LogP contribution >= 0.6 is 24.0 Å². The van der Waals surface area contributed by atoms with Crippen molar-refractivity contribution in [1.29, 1.82) is 0 Å². The van der Waals surface area contributed by atoms with Gasteiger partial charge in [-0.15, -0.1) is 24.0 Å². The van der Waals surface area contributed by atoms with Crippen molar-refractivity contribution < 1.29 is 9.59 Å². The van der Waals surface area contributed by atoms with Crippen LogP contribution in [0.1, 0.15) is 26.3 Å². The highest BCUT2D eigenvalue weighted by Crippen LogP contribution is 2.21. The molecule has 1 N–H and O–H groups in total. The Hall–Kier alpha value is -2.42. The maximum atomic E-state index is 12.4. The normalized spacial score (nSPS) is 13.3. The lowest BCUT2D eigenvalue weighted by Gasteiger charge is -2.23. The van der Waals surface area contributed by atoms with Crippen molar-refractivity contribution >= 4 is 41.8 Å². The Bertz CT molecular complexity index is 804. The summed E-state index contributed by atoms with van der Waals surface area (Å²) in [6.45, 7) is 1.45. The fourth-order valence-corrected chi connectivity index (χ4v) is 3.04. The Labute approximate surface area is 176 Å². The first-order chi connectivity index (χ1) is 12.6. The smallest absolute Gasteiger partial charge is 0.261 e. The highest BCUT2D eigenvalue weighted by Gasteiger charge is 2.34. The van der Waals surface area contributed by atoms with Gasteiger partial charge in [0.2, 0.25) is 0 Å². The van der Waals surface area contributed by atoms with Crippen LogP contribution in [0.2, 0.25) is 0 Å². The van der Waals surface area contributed by atoms with E-state index in [0.29, 0.717) is 36.7 Å². The van der Waals surface area contributed by atoms with Crippen molar-refractivity contribution in [2.45, 2.75) is 6.54 Å². The number of guanidine groups is 1. The molecule has 1 heterocycles. The van der Waals surface area contributed by atoms with E-state index in [9.17, 15) is 9.59 Å². The van der Waals surface area contributed by atoms with E-state index in [1.165, 1.54) is 10.5 Å². The van der Waals surface area contributed by atoms with Crippen LogP contribution in [0.5, 0.6) is 0 Å². The fraction of sp³-hybridized carbons (Fsp3) is 0.250. The predicted octanol–water partition coefficient (Wildman–Crippen LogP) is 2.61. The molecule has 0 aliphatic carbocycles. The number of aliphatic imine (C=N–C) groups is 1. The molecule has 0 saturated heterocycles. The molecule has 0 radical (unpaired) electrons. The molecule has 2 aromatic rings. The first kappa shape index (κ1) is 20.9. The van der Waals surface area contributed by atoms with Crippen molar-refractivity contribution in [1.82, 2.24) is 15.1 Å². The van der Waals surface area contributed by atoms with Crippen LogP contribution in [0.15, 0.2) is 59.6 Å². The lowest BCUT2D eigenvalue weighted by Crippen LogP contribution is -2.43. The van der Waals surface area contributed by atoms with E-state index in [0.717, 1.165) is 0 Å². The number of carbonyl (C=O) groups excluding carboxylic acids is 2. The summed E-state index contributed by atoms with van der Waals surface area (Å²) >= 11 is 0. The lowest BCUT2D eigenvalue weighted by molar-refractivity contribution is 0.0657. The molecule has 6 nitrogen and oxygen atoms in total. The molecule has 2 amide bonds. The van der Waals surface area contributed by atoms with Crippen LogP contribution in [0.4, 0.5) is 0 Å². The molecule has 0 atom stereocenters. The number of nitrogens with zero attached hydrogens (tertiary/aromatic N) is 3. The molecule has 0 fully saturated rings. The van der Waals surface area contributed by atoms with E-state index in [1.807, 2.05) is 30.1 Å². The second kappa shape index (κ2) is 9.50. The number of fused-ring (bicyclic) bond motifs is 1. The summed E-state index contributed by atoms with van der Waals surface area (Å²) in [5.74, 6) is 0.241. The number of benzene rings is 2. The minimum absolute atomic E-state index is 0. The molecule has 0 saturated carbocycles. The molecule has 0 spiro atoms. The van der Waals surface area contributed by atoms with Gasteiger partial charge in [-0.25, -0.2) is 0 Å². The summed E-state index contributed by atoms with van der Waals surface area (Å²) in [7, 11) is 3.66. The number of carbonyl (C=O) groups is 2. The van der Waals surface area contributed by atoms with Crippen molar-refractivity contribution in [3.63, 3.8) is 0 Å². The third-order valence-electron chi connectivity index (χ3n) is 4.33. The maximum Gasteiger partial charge on any atom is 0.261 e. The topological polar surface area (TPSA) is 65.0 Å². The van der Waals surface area contributed by atoms with Crippen LogP contribution in [0.3, 0.4) is 0 Å². The van der Waals surface area contributed by atoms with Gasteiger partial charge in [0.05, 0.1) is 11.1 Å². The van der Waals surface area contributed by atoms with Crippen LogP contribution < -0.4 is 5.32 Å². The van der Waals surface area contributed by atoms with E-state index in [2.05, 4.69) is 22.4 Å². The van der Waals surface area contributed by atoms with E-state index >= 15 is 0 Å². The Balaban J connectivity index is 0.00000261. The Morgan fingerprint density at radius 1 is 1.00 bits per heavy atom. The molecule has 142 valence electrons. The number of hydrogen-bond acceptors (Lipinski definition) is 3. The molecule has 0 unspecified atom stereocenters. The zero-order chi connectivity index (χ0) is 18.5. The van der Waals surface area contributed by atoms with Gasteiger partial charge < -0.3 is 10.2 Å². The Morgan fingerprint density at radius 2 is 1.56 bits per heavy atom. The number of halogens is 1. The van der Waals surface area contributed by atoms with Gasteiger partial charge in [0.15, 0.2) is 5.96 Å². The highest BCUT2D eigenvalue weighted by atomic mass is 127. The van der Waals surface area contributed by atoms with Gasteiger partial charge >= 0.3 is 0 Å². The van der Waals surface area contributed by atoms with Crippen LogP contribution in [0, 0.1) is 0 Å². The van der Waals surface area contributed by atoms with Crippen molar-refractivity contribution in [2.24, 2.45) is 4.99 Å². The minimum atomic E-state index is -0.236. The third kappa shape index (κ3) is 4.65. The van der Waals surface area contributed by atoms with E-state index in [1.54, 1.807) is 31.3 Å². The molecular weight excluding hydrogens is 455 g/mol. The number of imide groups is 1. The van der Waals surface area contributed by atoms with Gasteiger partial charge in [0.25, 0.3) is 11.8 Å². The number of rotatable bonds is 5. The average molecular weight is 478 g/mol. The molecular formula is C20H23IN4O2. The van der Waals surface area contributed by atoms with Gasteiger partial charge in [-0.2, -0.15) is 0 Å². The second-order valence-electron chi connectivity index (χ2n) is 6.12. The summed E-state index contributed by atoms with van der Waals surface area (Å²) < 4.78 is 0. The summed E-state index contributed by atoms with van der Waals surface area (Å²) in [5.41, 5.74) is 2.13. The average Bonchev–Trinajstić information content (AvgIpc) is 2.91. The summed E-state index contributed by atoms with van der Waals surface area (Å²) in [6, 6.07) is 17.0. The first-order valence-electron chi connectivity index (χ1n) is 8.52. The maximum absolute atomic E-state index is 12.4. The standard InChI is InChI=1S/C20H22N4O2.HI/c1-21-20(23(2)14-15-8-4-3-5-9-15)22-12-13-24-18(25)16-10-6-7-11-17(16)19(24)26;/h3-11H,12-14H2,1-2H3,(H,21,22);1H. The molecule has 3 rings (SSSR count). The van der Waals surface area contributed by atoms with Gasteiger partial charge in [-0.1, -0.05) is 42.5 Å². The van der Waals surface area contributed by atoms with E-state index in [-0.39, 0.29) is 35.8 Å². The zero-order valence-corrected chi connectivity index (χ0v) is 17.7. The van der Waals surface area contributed by atoms with Crippen LogP contribution in [0.25, 0.3) is 0 Å². The van der Waals surface area contributed by atoms with Gasteiger partial charge in [-0.05, 0) is 17.7 Å². The monoisotopic (exact) mass is 478 g/mol. The van der Waals surface area contributed by atoms with Crippen LogP contribution in [-0.2, 0) is 6.54 Å². The lowest BCUT2D eigenvalue weighted by atomic mass is 10.1. The Morgan fingerprint density at radius 3 is 2.11 bits per heavy atom. The number of amides is 2. The van der Waals surface area contributed by atoms with E-state index in [4.69, 9.17) is 0 Å². The summed E-state index contributed by atoms with van der Waals surface area (Å²) in [4.78, 5) is 32.3. The second-order valence-corrected chi connectivity index (χ2v) is 6.12. The highest BCUT2D eigenvalue weighted by molar-refractivity contribution is 14.0. The molecule has 1 aliphatic heterocycles. The SMILES string of the molecule is CN=C(NCCN1C(=O)c2ccccc2C1=O)N(C)Cc1ccccc1.I. The van der Waals surface area contributed by atoms with Crippen molar-refractivity contribution in [3.8, 4) is 0 Å². The molecule has 1 aliphatic rings. The van der Waals surface area contributed by atoms with Gasteiger partial charge in [-0.3, -0.25) is 19.5 Å². The van der Waals surface area contributed by atoms with Crippen molar-refractivity contribution in [2.75, 3.05) is 27.2 Å². The largest absolute Gasteiger partial charge is 0.354 e. The molecule has 27 heavy (non-hydrogen) atoms. The van der Waals surface area contributed by atoms with Gasteiger partial charge in [0.1, 0.15) is 0 Å². The summed E-state index contributed by atoms with van der Waals surface area (Å²) in [5, 5.41) is 3.21. The molecule has 0 aromatic heterocycles. The van der Waals surface area contributed by atoms with Crippen molar-refractivity contribution in [3.05, 3.63) is 71.3 Å². The Kier molecular flexibility index (Phi) is 7.35. The number of nitrogens with one attached hydrogen (secondary N) is 1. The minimum Gasteiger partial charge on any atom is -0.354 e. The summed E-state index contributed by atoms with van der Waals surface area (Å²) in [6.07, 6.45) is 0. The van der Waals surface area contributed by atoms with Crippen LogP contribution in [-0.4, -0.2) is 54.8 Å². The molecule has 0 bridgehead atoms. The third-order valence-corrected chi connectivity index (χ3v) is 4.33. The quantitative estimate of drug-likeness (QED) is 0.311. The van der Waals surface area contributed by atoms with E-state index < -0.39 is 0 Å². The first-order valence-corrected chi connectivity index (χ1v) is 8.52. The number of hydrogen-bond donors (Lipinski definition) is 1. The fourth-order valence-electron chi connectivity index (χ4n) is 3.04. The molecule has 2 aromatic carbocycles. The zero-order valence-electron chi connectivity index (χ0n) is 15.4. The molecule has 7 heteroatoms. The predicted molar refractivity (Wildman–Crippen MR) is 116 cm³/mol.